The van der Waals surface area contributed by atoms with Crippen LogP contribution in [-0.2, 0) is 9.59 Å². The summed E-state index contributed by atoms with van der Waals surface area (Å²) in [5, 5.41) is 0. The molecule has 0 spiro atoms. The Hall–Kier alpha value is -0.700. The number of fused-ring (bicyclic) bond motifs is 1. The molecule has 0 radical (unpaired) electrons. The third-order valence-corrected chi connectivity index (χ3v) is 4.76. The van der Waals surface area contributed by atoms with Crippen molar-refractivity contribution in [2.45, 2.75) is 64.8 Å². The minimum absolute atomic E-state index is 0.209. The number of carbonyl (C=O) groups is 2. The first kappa shape index (κ1) is 14.7. The summed E-state index contributed by atoms with van der Waals surface area (Å²) in [6.45, 7) is 6.49. The maximum atomic E-state index is 12.3. The number of ketones is 2. The van der Waals surface area contributed by atoms with Crippen molar-refractivity contribution in [2.24, 2.45) is 11.8 Å². The third-order valence-electron chi connectivity index (χ3n) is 4.76. The number of rotatable bonds is 5. The highest BCUT2D eigenvalue weighted by Gasteiger charge is 2.45. The van der Waals surface area contributed by atoms with Gasteiger partial charge in [0.1, 0.15) is 11.6 Å². The Morgan fingerprint density at radius 3 is 2.74 bits per heavy atom. The zero-order valence-corrected chi connectivity index (χ0v) is 12.4. The lowest BCUT2D eigenvalue weighted by Crippen LogP contribution is -2.53. The Balaban J connectivity index is 2.13. The summed E-state index contributed by atoms with van der Waals surface area (Å²) < 4.78 is 0. The highest BCUT2D eigenvalue weighted by Crippen LogP contribution is 2.38. The molecule has 3 unspecified atom stereocenters. The summed E-state index contributed by atoms with van der Waals surface area (Å²) in [7, 11) is 0. The molecule has 3 atom stereocenters. The van der Waals surface area contributed by atoms with Crippen molar-refractivity contribution in [3.05, 3.63) is 0 Å². The maximum absolute atomic E-state index is 12.3. The normalized spacial score (nSPS) is 32.1. The summed E-state index contributed by atoms with van der Waals surface area (Å²) in [5.74, 6) is 0.456. The van der Waals surface area contributed by atoms with Gasteiger partial charge in [0.15, 0.2) is 0 Å². The lowest BCUT2D eigenvalue weighted by Gasteiger charge is -2.46. The molecule has 2 aliphatic rings. The molecule has 1 aliphatic carbocycles. The van der Waals surface area contributed by atoms with Gasteiger partial charge in [-0.1, -0.05) is 13.8 Å². The first-order chi connectivity index (χ1) is 9.19. The molecule has 0 bridgehead atoms. The second-order valence-corrected chi connectivity index (χ2v) is 6.11. The van der Waals surface area contributed by atoms with Crippen LogP contribution in [0.4, 0.5) is 0 Å². The van der Waals surface area contributed by atoms with E-state index < -0.39 is 0 Å². The second-order valence-electron chi connectivity index (χ2n) is 6.11. The van der Waals surface area contributed by atoms with Crippen molar-refractivity contribution >= 4 is 11.6 Å². The van der Waals surface area contributed by atoms with Gasteiger partial charge >= 0.3 is 0 Å². The molecular weight excluding hydrogens is 238 g/mol. The number of nitrogens with zero attached hydrogens (tertiary/aromatic N) is 1. The Kier molecular flexibility index (Phi) is 5.14. The van der Waals surface area contributed by atoms with Gasteiger partial charge in [-0.2, -0.15) is 0 Å². The van der Waals surface area contributed by atoms with Crippen molar-refractivity contribution in [1.82, 2.24) is 4.90 Å². The van der Waals surface area contributed by atoms with Crippen molar-refractivity contribution in [3.63, 3.8) is 0 Å². The molecule has 1 heterocycles. The highest BCUT2D eigenvalue weighted by molar-refractivity contribution is 6.03. The summed E-state index contributed by atoms with van der Waals surface area (Å²) in [6, 6.07) is 0.484. The zero-order chi connectivity index (χ0) is 13.8. The number of piperidine rings is 1. The molecular formula is C16H27NO2. The van der Waals surface area contributed by atoms with Gasteiger partial charge in [0.2, 0.25) is 0 Å². The molecule has 1 saturated carbocycles. The van der Waals surface area contributed by atoms with Crippen LogP contribution in [0.25, 0.3) is 0 Å². The van der Waals surface area contributed by atoms with Gasteiger partial charge in [-0.3, -0.25) is 9.59 Å². The monoisotopic (exact) mass is 265 g/mol. The smallest absolute Gasteiger partial charge is 0.143 e. The number of hydrogen-bond acceptors (Lipinski definition) is 3. The van der Waals surface area contributed by atoms with E-state index in [1.807, 2.05) is 6.92 Å². The van der Waals surface area contributed by atoms with Gasteiger partial charge in [-0.25, -0.2) is 0 Å². The van der Waals surface area contributed by atoms with Crippen molar-refractivity contribution in [3.8, 4) is 0 Å². The molecule has 19 heavy (non-hydrogen) atoms. The topological polar surface area (TPSA) is 37.4 Å². The lowest BCUT2D eigenvalue weighted by molar-refractivity contribution is -0.141. The van der Waals surface area contributed by atoms with E-state index in [-0.39, 0.29) is 17.5 Å². The van der Waals surface area contributed by atoms with Crippen molar-refractivity contribution in [2.75, 3.05) is 13.1 Å². The van der Waals surface area contributed by atoms with Crippen LogP contribution in [0.15, 0.2) is 0 Å². The summed E-state index contributed by atoms with van der Waals surface area (Å²) in [6.07, 6.45) is 6.39. The molecule has 1 saturated heterocycles. The van der Waals surface area contributed by atoms with E-state index in [0.717, 1.165) is 45.2 Å². The van der Waals surface area contributed by atoms with E-state index in [0.29, 0.717) is 24.8 Å². The van der Waals surface area contributed by atoms with Crippen molar-refractivity contribution in [1.29, 1.82) is 0 Å². The fourth-order valence-corrected chi connectivity index (χ4v) is 4.01. The van der Waals surface area contributed by atoms with Crippen LogP contribution < -0.4 is 0 Å². The summed E-state index contributed by atoms with van der Waals surface area (Å²) in [5.41, 5.74) is 0. The zero-order valence-electron chi connectivity index (χ0n) is 12.4. The van der Waals surface area contributed by atoms with Crippen LogP contribution in [0, 0.1) is 11.8 Å². The Morgan fingerprint density at radius 2 is 2.05 bits per heavy atom. The summed E-state index contributed by atoms with van der Waals surface area (Å²) >= 11 is 0. The Bertz CT molecular complexity index is 338. The Labute approximate surface area is 116 Å². The average molecular weight is 265 g/mol. The van der Waals surface area contributed by atoms with E-state index in [2.05, 4.69) is 11.8 Å². The van der Waals surface area contributed by atoms with Crippen LogP contribution in [0.1, 0.15) is 58.8 Å². The molecule has 0 aromatic rings. The Morgan fingerprint density at radius 1 is 1.26 bits per heavy atom. The summed E-state index contributed by atoms with van der Waals surface area (Å²) in [4.78, 5) is 27.0. The van der Waals surface area contributed by atoms with E-state index in [1.54, 1.807) is 0 Å². The molecule has 0 amide bonds. The molecule has 0 aromatic carbocycles. The largest absolute Gasteiger partial charge is 0.300 e. The molecule has 1 aliphatic heterocycles. The van der Waals surface area contributed by atoms with Gasteiger partial charge in [0.05, 0.1) is 5.92 Å². The van der Waals surface area contributed by atoms with Crippen LogP contribution in [0.2, 0.25) is 0 Å². The van der Waals surface area contributed by atoms with Crippen LogP contribution in [-0.4, -0.2) is 35.6 Å². The molecule has 0 N–H and O–H groups in total. The lowest BCUT2D eigenvalue weighted by atomic mass is 9.68. The molecule has 2 fully saturated rings. The fourth-order valence-electron chi connectivity index (χ4n) is 4.01. The molecule has 3 nitrogen and oxygen atoms in total. The predicted octanol–water partition coefficient (Wildman–Crippen LogP) is 2.83. The number of Topliss-reactive ketones (excluding diaryl/α,β-unsaturated/α-hetero) is 2. The van der Waals surface area contributed by atoms with E-state index in [4.69, 9.17) is 0 Å². The maximum Gasteiger partial charge on any atom is 0.143 e. The first-order valence-corrected chi connectivity index (χ1v) is 7.98. The fraction of sp³-hybridized carbons (Fsp3) is 0.875. The van der Waals surface area contributed by atoms with E-state index in [9.17, 15) is 9.59 Å². The molecule has 3 heteroatoms. The minimum Gasteiger partial charge on any atom is -0.300 e. The van der Waals surface area contributed by atoms with Gasteiger partial charge in [-0.05, 0) is 51.1 Å². The van der Waals surface area contributed by atoms with E-state index in [1.165, 1.54) is 0 Å². The first-order valence-electron chi connectivity index (χ1n) is 7.98. The van der Waals surface area contributed by atoms with Gasteiger partial charge < -0.3 is 4.90 Å². The van der Waals surface area contributed by atoms with Crippen LogP contribution in [0.5, 0.6) is 0 Å². The molecule has 108 valence electrons. The number of likely N-dealkylation sites (tertiary alicyclic amines) is 1. The molecule has 2 rings (SSSR count). The van der Waals surface area contributed by atoms with E-state index >= 15 is 0 Å². The third kappa shape index (κ3) is 3.07. The standard InChI is InChI=1S/C16H27NO2/c1-3-6-14(18)16-12-7-5-11-17(10-4-2)13(12)8-9-15(16)19/h12-13,16H,3-11H2,1-2H3. The van der Waals surface area contributed by atoms with Gasteiger partial charge in [-0.15, -0.1) is 0 Å². The SMILES string of the molecule is CCCC(=O)C1C(=O)CCC2C1CCCN2CCC. The minimum atomic E-state index is -0.279. The van der Waals surface area contributed by atoms with Gasteiger partial charge in [0, 0.05) is 18.9 Å². The second kappa shape index (κ2) is 6.65. The van der Waals surface area contributed by atoms with Gasteiger partial charge in [0.25, 0.3) is 0 Å². The highest BCUT2D eigenvalue weighted by atomic mass is 16.2. The quantitative estimate of drug-likeness (QED) is 0.717. The number of carbonyl (C=O) groups excluding carboxylic acids is 2. The molecule has 0 aromatic heterocycles. The van der Waals surface area contributed by atoms with Crippen LogP contribution >= 0.6 is 0 Å². The number of hydrogen-bond donors (Lipinski definition) is 0. The van der Waals surface area contributed by atoms with Crippen LogP contribution in [0.3, 0.4) is 0 Å². The average Bonchev–Trinajstić information content (AvgIpc) is 2.39. The van der Waals surface area contributed by atoms with Crippen molar-refractivity contribution < 1.29 is 9.59 Å². The predicted molar refractivity (Wildman–Crippen MR) is 76.0 cm³/mol.